The number of hydrogen-bond donors (Lipinski definition) is 1. The summed E-state index contributed by atoms with van der Waals surface area (Å²) < 4.78 is 0.945. The first-order chi connectivity index (χ1) is 9.66. The quantitative estimate of drug-likeness (QED) is 0.688. The molecule has 0 bridgehead atoms. The molecule has 1 N–H and O–H groups in total. The van der Waals surface area contributed by atoms with Crippen LogP contribution in [-0.2, 0) is 6.54 Å². The van der Waals surface area contributed by atoms with Gasteiger partial charge in [-0.15, -0.1) is 0 Å². The molecule has 20 heavy (non-hydrogen) atoms. The van der Waals surface area contributed by atoms with Crippen LogP contribution in [0, 0.1) is 0 Å². The number of hydrogen-bond acceptors (Lipinski definition) is 1. The molecule has 0 aromatic heterocycles. The minimum atomic E-state index is 0.581. The summed E-state index contributed by atoms with van der Waals surface area (Å²) in [6.07, 6.45) is 1.13. The van der Waals surface area contributed by atoms with E-state index in [1.807, 2.05) is 12.1 Å². The molecular formula is C17H19BrClN. The number of rotatable bonds is 6. The van der Waals surface area contributed by atoms with Crippen LogP contribution in [0.4, 0.5) is 0 Å². The third-order valence-corrected chi connectivity index (χ3v) is 4.67. The second kappa shape index (κ2) is 7.82. The molecule has 1 unspecified atom stereocenters. The van der Waals surface area contributed by atoms with Gasteiger partial charge in [0.2, 0.25) is 0 Å². The first kappa shape index (κ1) is 15.6. The maximum absolute atomic E-state index is 6.08. The molecule has 3 heteroatoms. The Bertz CT molecular complexity index is 542. The highest BCUT2D eigenvalue weighted by atomic mass is 79.9. The van der Waals surface area contributed by atoms with Gasteiger partial charge in [0.25, 0.3) is 0 Å². The summed E-state index contributed by atoms with van der Waals surface area (Å²) in [6.45, 7) is 4.13. The fraction of sp³-hybridized carbons (Fsp3) is 0.294. The second-order valence-electron chi connectivity index (χ2n) is 5.03. The zero-order valence-electron chi connectivity index (χ0n) is 11.6. The summed E-state index contributed by atoms with van der Waals surface area (Å²) in [5.41, 5.74) is 2.62. The first-order valence-electron chi connectivity index (χ1n) is 6.86. The van der Waals surface area contributed by atoms with Crippen molar-refractivity contribution in [3.63, 3.8) is 0 Å². The number of halogens is 2. The molecule has 2 aromatic carbocycles. The van der Waals surface area contributed by atoms with Crippen molar-refractivity contribution in [1.29, 1.82) is 0 Å². The van der Waals surface area contributed by atoms with Crippen molar-refractivity contribution in [3.05, 3.63) is 69.2 Å². The molecule has 0 radical (unpaired) electrons. The molecule has 0 saturated carbocycles. The lowest BCUT2D eigenvalue weighted by Gasteiger charge is -2.12. The highest BCUT2D eigenvalue weighted by Gasteiger charge is 2.04. The predicted octanol–water partition coefficient (Wildman–Crippen LogP) is 5.39. The fourth-order valence-corrected chi connectivity index (χ4v) is 2.60. The fourth-order valence-electron chi connectivity index (χ4n) is 2.15. The van der Waals surface area contributed by atoms with Gasteiger partial charge in [0.15, 0.2) is 0 Å². The Kier molecular flexibility index (Phi) is 6.08. The predicted molar refractivity (Wildman–Crippen MR) is 90.3 cm³/mol. The molecule has 0 saturated heterocycles. The summed E-state index contributed by atoms with van der Waals surface area (Å²) in [4.78, 5) is 0. The van der Waals surface area contributed by atoms with Gasteiger partial charge in [-0.3, -0.25) is 0 Å². The topological polar surface area (TPSA) is 12.0 Å². The third kappa shape index (κ3) is 4.62. The molecule has 0 aliphatic heterocycles. The Morgan fingerprint density at radius 2 is 1.90 bits per heavy atom. The third-order valence-electron chi connectivity index (χ3n) is 3.44. The summed E-state index contributed by atoms with van der Waals surface area (Å²) in [6, 6.07) is 16.7. The van der Waals surface area contributed by atoms with Crippen LogP contribution in [0.3, 0.4) is 0 Å². The number of nitrogens with one attached hydrogen (secondary N) is 1. The van der Waals surface area contributed by atoms with Crippen LogP contribution in [0.5, 0.6) is 0 Å². The lowest BCUT2D eigenvalue weighted by atomic mass is 9.98. The van der Waals surface area contributed by atoms with Crippen molar-refractivity contribution >= 4 is 27.5 Å². The molecule has 0 spiro atoms. The van der Waals surface area contributed by atoms with E-state index in [2.05, 4.69) is 64.6 Å². The molecular weight excluding hydrogens is 334 g/mol. The number of benzene rings is 2. The molecule has 0 aliphatic carbocycles. The Labute approximate surface area is 134 Å². The maximum Gasteiger partial charge on any atom is 0.0551 e. The van der Waals surface area contributed by atoms with Gasteiger partial charge in [-0.1, -0.05) is 54.9 Å². The highest BCUT2D eigenvalue weighted by Crippen LogP contribution is 2.23. The van der Waals surface area contributed by atoms with Crippen molar-refractivity contribution in [3.8, 4) is 0 Å². The van der Waals surface area contributed by atoms with Gasteiger partial charge in [-0.05, 0) is 58.1 Å². The van der Waals surface area contributed by atoms with Crippen molar-refractivity contribution < 1.29 is 0 Å². The largest absolute Gasteiger partial charge is 0.313 e. The van der Waals surface area contributed by atoms with Crippen LogP contribution in [0.2, 0.25) is 5.02 Å². The summed E-state index contributed by atoms with van der Waals surface area (Å²) in [5.74, 6) is 0.581. The van der Waals surface area contributed by atoms with Crippen molar-refractivity contribution in [2.75, 3.05) is 6.54 Å². The van der Waals surface area contributed by atoms with E-state index in [9.17, 15) is 0 Å². The minimum absolute atomic E-state index is 0.581. The smallest absolute Gasteiger partial charge is 0.0551 e. The lowest BCUT2D eigenvalue weighted by Crippen LogP contribution is -2.16. The Morgan fingerprint density at radius 3 is 2.60 bits per heavy atom. The molecule has 0 aliphatic rings. The van der Waals surface area contributed by atoms with E-state index in [0.29, 0.717) is 5.92 Å². The van der Waals surface area contributed by atoms with E-state index in [-0.39, 0.29) is 0 Å². The Morgan fingerprint density at radius 1 is 1.15 bits per heavy atom. The van der Waals surface area contributed by atoms with Crippen LogP contribution in [-0.4, -0.2) is 6.54 Å². The van der Waals surface area contributed by atoms with E-state index in [1.54, 1.807) is 0 Å². The monoisotopic (exact) mass is 351 g/mol. The summed E-state index contributed by atoms with van der Waals surface area (Å²) in [5, 5.41) is 4.24. The van der Waals surface area contributed by atoms with Crippen LogP contribution >= 0.6 is 27.5 Å². The maximum atomic E-state index is 6.08. The normalized spacial score (nSPS) is 12.3. The average Bonchev–Trinajstić information content (AvgIpc) is 2.48. The van der Waals surface area contributed by atoms with Gasteiger partial charge in [0.1, 0.15) is 0 Å². The molecule has 0 amide bonds. The Balaban J connectivity index is 1.75. The van der Waals surface area contributed by atoms with Gasteiger partial charge < -0.3 is 5.32 Å². The van der Waals surface area contributed by atoms with Crippen LogP contribution in [0.1, 0.15) is 30.4 Å². The molecule has 0 fully saturated rings. The van der Waals surface area contributed by atoms with E-state index in [4.69, 9.17) is 11.6 Å². The first-order valence-corrected chi connectivity index (χ1v) is 8.03. The molecule has 1 nitrogen and oxygen atoms in total. The zero-order valence-corrected chi connectivity index (χ0v) is 13.9. The van der Waals surface area contributed by atoms with Gasteiger partial charge in [-0.25, -0.2) is 0 Å². The van der Waals surface area contributed by atoms with Crippen molar-refractivity contribution in [2.45, 2.75) is 25.8 Å². The Hall–Kier alpha value is -0.830. The van der Waals surface area contributed by atoms with Crippen LogP contribution in [0.15, 0.2) is 53.0 Å². The van der Waals surface area contributed by atoms with Gasteiger partial charge in [0, 0.05) is 11.0 Å². The summed E-state index contributed by atoms with van der Waals surface area (Å²) >= 11 is 9.49. The van der Waals surface area contributed by atoms with Crippen molar-refractivity contribution in [1.82, 2.24) is 5.32 Å². The minimum Gasteiger partial charge on any atom is -0.313 e. The SMILES string of the molecule is CC(CCNCc1ccc(Br)c(Cl)c1)c1ccccc1. The second-order valence-corrected chi connectivity index (χ2v) is 6.29. The summed E-state index contributed by atoms with van der Waals surface area (Å²) in [7, 11) is 0. The zero-order chi connectivity index (χ0) is 14.4. The standard InChI is InChI=1S/C17H19BrClN/c1-13(15-5-3-2-4-6-15)9-10-20-12-14-7-8-16(18)17(19)11-14/h2-8,11,13,20H,9-10,12H2,1H3. The molecule has 0 heterocycles. The van der Waals surface area contributed by atoms with Crippen molar-refractivity contribution in [2.24, 2.45) is 0 Å². The average molecular weight is 353 g/mol. The molecule has 1 atom stereocenters. The van der Waals surface area contributed by atoms with Crippen LogP contribution < -0.4 is 5.32 Å². The van der Waals surface area contributed by atoms with E-state index in [1.165, 1.54) is 11.1 Å². The van der Waals surface area contributed by atoms with Crippen LogP contribution in [0.25, 0.3) is 0 Å². The molecule has 2 aromatic rings. The van der Waals surface area contributed by atoms with E-state index < -0.39 is 0 Å². The highest BCUT2D eigenvalue weighted by molar-refractivity contribution is 9.10. The lowest BCUT2D eigenvalue weighted by molar-refractivity contribution is 0.594. The molecule has 106 valence electrons. The van der Waals surface area contributed by atoms with E-state index >= 15 is 0 Å². The van der Waals surface area contributed by atoms with Gasteiger partial charge >= 0.3 is 0 Å². The van der Waals surface area contributed by atoms with Gasteiger partial charge in [0.05, 0.1) is 5.02 Å². The van der Waals surface area contributed by atoms with E-state index in [0.717, 1.165) is 29.0 Å². The van der Waals surface area contributed by atoms with Gasteiger partial charge in [-0.2, -0.15) is 0 Å². The molecule has 2 rings (SSSR count).